The molecule has 2 aromatic carbocycles. The Hall–Kier alpha value is -3.72. The van der Waals surface area contributed by atoms with E-state index in [1.807, 2.05) is 43.3 Å². The molecule has 0 bridgehead atoms. The number of aromatic nitrogens is 1. The largest absolute Gasteiger partial charge is 0.481 e. The molecule has 1 atom stereocenters. The Morgan fingerprint density at radius 1 is 1.09 bits per heavy atom. The van der Waals surface area contributed by atoms with Crippen molar-refractivity contribution in [1.29, 1.82) is 0 Å². The van der Waals surface area contributed by atoms with Crippen molar-refractivity contribution < 1.29 is 24.2 Å². The van der Waals surface area contributed by atoms with Gasteiger partial charge in [-0.15, -0.1) is 11.3 Å². The Labute approximate surface area is 201 Å². The highest BCUT2D eigenvalue weighted by molar-refractivity contribution is 7.14. The maximum Gasteiger partial charge on any atom is 0.413 e. The first kappa shape index (κ1) is 23.4. The van der Waals surface area contributed by atoms with Crippen LogP contribution < -0.4 is 10.6 Å². The van der Waals surface area contributed by atoms with Crippen molar-refractivity contribution in [1.82, 2.24) is 10.3 Å². The first-order chi connectivity index (χ1) is 16.5. The monoisotopic (exact) mass is 479 g/mol. The number of rotatable bonds is 9. The minimum absolute atomic E-state index is 0.0225. The van der Waals surface area contributed by atoms with Crippen molar-refractivity contribution in [2.75, 3.05) is 18.5 Å². The fraction of sp³-hybridized carbons (Fsp3) is 0.280. The molecule has 2 amide bonds. The number of amides is 2. The van der Waals surface area contributed by atoms with Crippen molar-refractivity contribution >= 4 is 34.4 Å². The number of nitrogens with one attached hydrogen (secondary N) is 2. The van der Waals surface area contributed by atoms with E-state index in [0.29, 0.717) is 12.8 Å². The normalized spacial score (nSPS) is 13.0. The molecule has 0 saturated carbocycles. The second-order valence-corrected chi connectivity index (χ2v) is 8.88. The Morgan fingerprint density at radius 3 is 2.35 bits per heavy atom. The van der Waals surface area contributed by atoms with Crippen LogP contribution in [0.25, 0.3) is 11.1 Å². The number of aliphatic carboxylic acids is 1. The van der Waals surface area contributed by atoms with Gasteiger partial charge in [-0.3, -0.25) is 14.9 Å². The van der Waals surface area contributed by atoms with Gasteiger partial charge in [-0.1, -0.05) is 61.9 Å². The fourth-order valence-electron chi connectivity index (χ4n) is 4.13. The second-order valence-electron chi connectivity index (χ2n) is 8.02. The van der Waals surface area contributed by atoms with Crippen molar-refractivity contribution in [3.8, 4) is 11.1 Å². The highest BCUT2D eigenvalue weighted by Crippen LogP contribution is 2.44. The smallest absolute Gasteiger partial charge is 0.413 e. The van der Waals surface area contributed by atoms with E-state index in [0.717, 1.165) is 33.6 Å². The molecule has 1 aliphatic carbocycles. The van der Waals surface area contributed by atoms with E-state index < -0.39 is 23.9 Å². The van der Waals surface area contributed by atoms with Gasteiger partial charge in [0.1, 0.15) is 12.3 Å². The van der Waals surface area contributed by atoms with Crippen molar-refractivity contribution in [2.45, 2.75) is 25.7 Å². The van der Waals surface area contributed by atoms with Crippen LogP contribution in [0, 0.1) is 5.92 Å². The first-order valence-electron chi connectivity index (χ1n) is 11.1. The summed E-state index contributed by atoms with van der Waals surface area (Å²) in [6.45, 7) is 2.08. The van der Waals surface area contributed by atoms with Gasteiger partial charge in [-0.05, 0) is 28.7 Å². The summed E-state index contributed by atoms with van der Waals surface area (Å²) in [6, 6.07) is 16.2. The Morgan fingerprint density at radius 2 is 1.74 bits per heavy atom. The number of benzene rings is 2. The molecule has 176 valence electrons. The maximum absolute atomic E-state index is 12.4. The lowest BCUT2D eigenvalue weighted by Crippen LogP contribution is -2.33. The summed E-state index contributed by atoms with van der Waals surface area (Å²) >= 11 is 1.09. The van der Waals surface area contributed by atoms with Crippen LogP contribution in [0.3, 0.4) is 0 Å². The van der Waals surface area contributed by atoms with E-state index in [-0.39, 0.29) is 29.9 Å². The van der Waals surface area contributed by atoms with Crippen LogP contribution in [0.2, 0.25) is 0 Å². The summed E-state index contributed by atoms with van der Waals surface area (Å²) in [6.07, 6.45) is 0.524. The van der Waals surface area contributed by atoms with E-state index in [9.17, 15) is 19.5 Å². The predicted octanol–water partition coefficient (Wildman–Crippen LogP) is 4.73. The third-order valence-corrected chi connectivity index (χ3v) is 6.54. The van der Waals surface area contributed by atoms with Crippen LogP contribution in [-0.2, 0) is 9.53 Å². The van der Waals surface area contributed by atoms with Crippen molar-refractivity contribution in [3.05, 3.63) is 70.7 Å². The van der Waals surface area contributed by atoms with E-state index in [1.54, 1.807) is 0 Å². The van der Waals surface area contributed by atoms with Gasteiger partial charge in [0.05, 0.1) is 5.92 Å². The molecule has 4 rings (SSSR count). The minimum Gasteiger partial charge on any atom is -0.481 e. The number of hydrogen-bond donors (Lipinski definition) is 3. The summed E-state index contributed by atoms with van der Waals surface area (Å²) in [5, 5.41) is 16.1. The molecule has 3 aromatic rings. The molecule has 8 nitrogen and oxygen atoms in total. The van der Waals surface area contributed by atoms with Crippen molar-refractivity contribution in [3.63, 3.8) is 0 Å². The number of carbonyl (C=O) groups is 3. The number of thiazole rings is 1. The topological polar surface area (TPSA) is 118 Å². The van der Waals surface area contributed by atoms with Crippen molar-refractivity contribution in [2.24, 2.45) is 5.92 Å². The van der Waals surface area contributed by atoms with Gasteiger partial charge in [0.2, 0.25) is 0 Å². The van der Waals surface area contributed by atoms with Gasteiger partial charge in [0.15, 0.2) is 5.13 Å². The number of anilines is 1. The van der Waals surface area contributed by atoms with Crippen LogP contribution in [0.5, 0.6) is 0 Å². The SMILES string of the molecule is CCCC(CNC(=O)c1csc(NC(=O)OCC2c3ccccc3-c3ccccc32)n1)C(=O)O. The number of carboxylic acids is 1. The molecule has 0 fully saturated rings. The number of hydrogen-bond acceptors (Lipinski definition) is 6. The van der Waals surface area contributed by atoms with Gasteiger partial charge in [0, 0.05) is 17.8 Å². The second kappa shape index (κ2) is 10.5. The van der Waals surface area contributed by atoms with E-state index >= 15 is 0 Å². The quantitative estimate of drug-likeness (QED) is 0.408. The predicted molar refractivity (Wildman–Crippen MR) is 129 cm³/mol. The molecule has 0 aliphatic heterocycles. The van der Waals surface area contributed by atoms with E-state index in [4.69, 9.17) is 4.74 Å². The zero-order valence-electron chi connectivity index (χ0n) is 18.6. The number of fused-ring (bicyclic) bond motifs is 3. The van der Waals surface area contributed by atoms with Gasteiger partial charge in [0.25, 0.3) is 5.91 Å². The summed E-state index contributed by atoms with van der Waals surface area (Å²) in [7, 11) is 0. The Balaban J connectivity index is 1.33. The number of ether oxygens (including phenoxy) is 1. The molecule has 1 aliphatic rings. The first-order valence-corrected chi connectivity index (χ1v) is 11.9. The lowest BCUT2D eigenvalue weighted by Gasteiger charge is -2.14. The summed E-state index contributed by atoms with van der Waals surface area (Å²) in [5.74, 6) is -2.13. The summed E-state index contributed by atoms with van der Waals surface area (Å²) in [5.41, 5.74) is 4.64. The average molecular weight is 480 g/mol. The van der Waals surface area contributed by atoms with Gasteiger partial charge in [-0.25, -0.2) is 9.78 Å². The van der Waals surface area contributed by atoms with E-state index in [1.165, 1.54) is 5.38 Å². The van der Waals surface area contributed by atoms with Crippen LogP contribution in [-0.4, -0.2) is 41.2 Å². The molecular weight excluding hydrogens is 454 g/mol. The lowest BCUT2D eigenvalue weighted by atomic mass is 9.98. The highest BCUT2D eigenvalue weighted by Gasteiger charge is 2.29. The zero-order valence-corrected chi connectivity index (χ0v) is 19.4. The van der Waals surface area contributed by atoms with Crippen LogP contribution in [0.4, 0.5) is 9.93 Å². The molecule has 3 N–H and O–H groups in total. The summed E-state index contributed by atoms with van der Waals surface area (Å²) < 4.78 is 5.50. The molecule has 1 aromatic heterocycles. The highest BCUT2D eigenvalue weighted by atomic mass is 32.1. The summed E-state index contributed by atoms with van der Waals surface area (Å²) in [4.78, 5) is 40.1. The molecule has 1 unspecified atom stereocenters. The van der Waals surface area contributed by atoms with Crippen LogP contribution in [0.15, 0.2) is 53.9 Å². The molecule has 0 radical (unpaired) electrons. The standard InChI is InChI=1S/C25H25N3O5S/c1-2-7-15(23(30)31)12-26-22(29)21-14-34-24(27-21)28-25(32)33-13-20-18-10-5-3-8-16(18)17-9-4-6-11-19(17)20/h3-6,8-11,14-15,20H,2,7,12-13H2,1H3,(H,26,29)(H,30,31)(H,27,28,32). The average Bonchev–Trinajstić information content (AvgIpc) is 3.43. The molecular formula is C25H25N3O5S. The lowest BCUT2D eigenvalue weighted by molar-refractivity contribution is -0.141. The Bertz CT molecular complexity index is 1160. The number of carbonyl (C=O) groups excluding carboxylic acids is 2. The zero-order chi connectivity index (χ0) is 24.1. The van der Waals surface area contributed by atoms with Crippen LogP contribution in [0.1, 0.15) is 47.3 Å². The Kier molecular flexibility index (Phi) is 7.22. The van der Waals surface area contributed by atoms with Gasteiger partial charge >= 0.3 is 12.1 Å². The molecule has 9 heteroatoms. The van der Waals surface area contributed by atoms with Gasteiger partial charge in [-0.2, -0.15) is 0 Å². The minimum atomic E-state index is -0.946. The maximum atomic E-state index is 12.4. The third-order valence-electron chi connectivity index (χ3n) is 5.78. The fourth-order valence-corrected chi connectivity index (χ4v) is 4.80. The number of carboxylic acid groups (broad SMARTS) is 1. The van der Waals surface area contributed by atoms with E-state index in [2.05, 4.69) is 27.8 Å². The molecule has 0 spiro atoms. The molecule has 1 heterocycles. The van der Waals surface area contributed by atoms with Crippen LogP contribution >= 0.6 is 11.3 Å². The van der Waals surface area contributed by atoms with Gasteiger partial charge < -0.3 is 15.2 Å². The molecule has 0 saturated heterocycles. The molecule has 34 heavy (non-hydrogen) atoms. The third kappa shape index (κ3) is 5.09. The number of nitrogens with zero attached hydrogens (tertiary/aromatic N) is 1.